The van der Waals surface area contributed by atoms with Gasteiger partial charge in [0.05, 0.1) is 6.61 Å². The fourth-order valence-corrected chi connectivity index (χ4v) is 2.15. The molecule has 0 aromatic heterocycles. The minimum absolute atomic E-state index is 0.0544. The van der Waals surface area contributed by atoms with E-state index < -0.39 is 48.5 Å². The summed E-state index contributed by atoms with van der Waals surface area (Å²) in [5.41, 5.74) is 0. The van der Waals surface area contributed by atoms with Gasteiger partial charge in [-0.1, -0.05) is 27.7 Å². The lowest BCUT2D eigenvalue weighted by molar-refractivity contribution is -0.275. The molecule has 1 aliphatic heterocycles. The van der Waals surface area contributed by atoms with Gasteiger partial charge >= 0.3 is 23.9 Å². The maximum Gasteiger partial charge on any atom is 0.307 e. The van der Waals surface area contributed by atoms with Crippen LogP contribution in [0.5, 0.6) is 0 Å². The van der Waals surface area contributed by atoms with Crippen molar-refractivity contribution in [3.8, 4) is 0 Å². The van der Waals surface area contributed by atoms with E-state index in [1.54, 1.807) is 27.7 Å². The average Bonchev–Trinajstić information content (AvgIpc) is 2.65. The summed E-state index contributed by atoms with van der Waals surface area (Å²) >= 11 is 0. The van der Waals surface area contributed by atoms with Gasteiger partial charge in [-0.05, 0) is 0 Å². The summed E-state index contributed by atoms with van der Waals surface area (Å²) in [6.45, 7) is 6.21. The first-order chi connectivity index (χ1) is 12.4. The highest BCUT2D eigenvalue weighted by Crippen LogP contribution is 2.26. The molecular formula is C17H26O9. The molecule has 1 saturated heterocycles. The van der Waals surface area contributed by atoms with Gasteiger partial charge < -0.3 is 23.7 Å². The van der Waals surface area contributed by atoms with Crippen LogP contribution >= 0.6 is 0 Å². The molecule has 0 N–H and O–H groups in total. The van der Waals surface area contributed by atoms with Crippen LogP contribution in [0, 0.1) is 0 Å². The molecule has 0 saturated carbocycles. The molecule has 1 heterocycles. The van der Waals surface area contributed by atoms with Crippen molar-refractivity contribution in [2.75, 3.05) is 6.61 Å². The third kappa shape index (κ3) is 6.29. The van der Waals surface area contributed by atoms with Crippen molar-refractivity contribution in [1.82, 2.24) is 0 Å². The highest BCUT2D eigenvalue weighted by Gasteiger charge is 2.49. The zero-order chi connectivity index (χ0) is 19.7. The van der Waals surface area contributed by atoms with Crippen LogP contribution in [-0.2, 0) is 42.9 Å². The van der Waals surface area contributed by atoms with Gasteiger partial charge in [0.15, 0.2) is 12.2 Å². The van der Waals surface area contributed by atoms with Crippen LogP contribution in [0.2, 0.25) is 0 Å². The van der Waals surface area contributed by atoms with Gasteiger partial charge in [-0.15, -0.1) is 0 Å². The standard InChI is InChI=1S/C17H26O9/c1-5-11(18)23-10-9-22-17(26-14(21)8-4)16(25-13(20)7-3)15(10)24-12(19)6-2/h10,15-17H,5-9H2,1-4H3/t10-,15-,16+,17?/m0/s1. The van der Waals surface area contributed by atoms with Crippen molar-refractivity contribution in [3.05, 3.63) is 0 Å². The topological polar surface area (TPSA) is 114 Å². The van der Waals surface area contributed by atoms with E-state index in [9.17, 15) is 19.2 Å². The SMILES string of the molecule is CCC(=O)OC1OC[C@H](OC(=O)CC)[C@H](OC(=O)CC)[C@H]1OC(=O)CC. The van der Waals surface area contributed by atoms with Crippen molar-refractivity contribution >= 4 is 23.9 Å². The second-order valence-electron chi connectivity index (χ2n) is 5.54. The van der Waals surface area contributed by atoms with Crippen molar-refractivity contribution in [2.45, 2.75) is 78.0 Å². The molecule has 0 amide bonds. The van der Waals surface area contributed by atoms with E-state index in [0.717, 1.165) is 0 Å². The molecule has 0 radical (unpaired) electrons. The van der Waals surface area contributed by atoms with Crippen LogP contribution < -0.4 is 0 Å². The van der Waals surface area contributed by atoms with E-state index in [-0.39, 0.29) is 32.3 Å². The van der Waals surface area contributed by atoms with Crippen LogP contribution in [0.15, 0.2) is 0 Å². The fraction of sp³-hybridized carbons (Fsp3) is 0.765. The number of rotatable bonds is 8. The molecule has 1 fully saturated rings. The van der Waals surface area contributed by atoms with Crippen LogP contribution in [0.25, 0.3) is 0 Å². The Morgan fingerprint density at radius 2 is 1.12 bits per heavy atom. The zero-order valence-corrected chi connectivity index (χ0v) is 15.5. The summed E-state index contributed by atoms with van der Waals surface area (Å²) in [4.78, 5) is 46.9. The smallest absolute Gasteiger partial charge is 0.307 e. The molecule has 26 heavy (non-hydrogen) atoms. The number of carbonyl (C=O) groups excluding carboxylic acids is 4. The summed E-state index contributed by atoms with van der Waals surface area (Å²) in [7, 11) is 0. The summed E-state index contributed by atoms with van der Waals surface area (Å²) < 4.78 is 26.5. The molecule has 1 unspecified atom stereocenters. The molecule has 0 spiro atoms. The van der Waals surface area contributed by atoms with E-state index in [0.29, 0.717) is 0 Å². The van der Waals surface area contributed by atoms with Crippen molar-refractivity contribution in [1.29, 1.82) is 0 Å². The van der Waals surface area contributed by atoms with Gasteiger partial charge in [0.1, 0.15) is 0 Å². The molecule has 0 aromatic carbocycles. The lowest BCUT2D eigenvalue weighted by Gasteiger charge is -2.40. The summed E-state index contributed by atoms with van der Waals surface area (Å²) in [6, 6.07) is 0. The third-order valence-corrected chi connectivity index (χ3v) is 3.60. The third-order valence-electron chi connectivity index (χ3n) is 3.60. The van der Waals surface area contributed by atoms with Gasteiger partial charge in [0.25, 0.3) is 0 Å². The van der Waals surface area contributed by atoms with Crippen molar-refractivity contribution < 1.29 is 42.9 Å². The minimum atomic E-state index is -1.26. The van der Waals surface area contributed by atoms with E-state index in [1.807, 2.05) is 0 Å². The second-order valence-corrected chi connectivity index (χ2v) is 5.54. The van der Waals surface area contributed by atoms with Crippen LogP contribution in [-0.4, -0.2) is 55.1 Å². The molecule has 1 rings (SSSR count). The molecule has 4 atom stereocenters. The molecule has 0 aromatic rings. The van der Waals surface area contributed by atoms with Crippen LogP contribution in [0.4, 0.5) is 0 Å². The van der Waals surface area contributed by atoms with Gasteiger partial charge in [0.2, 0.25) is 12.4 Å². The molecular weight excluding hydrogens is 348 g/mol. The highest BCUT2D eigenvalue weighted by molar-refractivity contribution is 5.71. The normalized spacial score (nSPS) is 25.1. The largest absolute Gasteiger partial charge is 0.456 e. The molecule has 1 aliphatic rings. The number of hydrogen-bond acceptors (Lipinski definition) is 9. The highest BCUT2D eigenvalue weighted by atomic mass is 16.7. The number of esters is 4. The number of ether oxygens (including phenoxy) is 5. The first-order valence-corrected chi connectivity index (χ1v) is 8.75. The lowest BCUT2D eigenvalue weighted by Crippen LogP contribution is -2.58. The Kier molecular flexibility index (Phi) is 9.04. The average molecular weight is 374 g/mol. The number of hydrogen-bond donors (Lipinski definition) is 0. The van der Waals surface area contributed by atoms with Gasteiger partial charge in [0, 0.05) is 25.7 Å². The van der Waals surface area contributed by atoms with Gasteiger partial charge in [-0.2, -0.15) is 0 Å². The lowest BCUT2D eigenvalue weighted by atomic mass is 10.0. The molecule has 148 valence electrons. The van der Waals surface area contributed by atoms with Gasteiger partial charge in [-0.3, -0.25) is 19.2 Å². The molecule has 0 aliphatic carbocycles. The molecule has 9 nitrogen and oxygen atoms in total. The van der Waals surface area contributed by atoms with Crippen molar-refractivity contribution in [3.63, 3.8) is 0 Å². The Hall–Kier alpha value is -2.16. The Balaban J connectivity index is 3.10. The first-order valence-electron chi connectivity index (χ1n) is 8.75. The summed E-state index contributed by atoms with van der Waals surface area (Å²) in [6.07, 6.45) is -4.30. The van der Waals surface area contributed by atoms with E-state index in [2.05, 4.69) is 0 Å². The van der Waals surface area contributed by atoms with Crippen LogP contribution in [0.3, 0.4) is 0 Å². The zero-order valence-electron chi connectivity index (χ0n) is 15.5. The first kappa shape index (κ1) is 21.9. The van der Waals surface area contributed by atoms with E-state index in [1.165, 1.54) is 0 Å². The molecule has 0 bridgehead atoms. The predicted molar refractivity (Wildman–Crippen MR) is 86.6 cm³/mol. The predicted octanol–water partition coefficient (Wildman–Crippen LogP) is 1.26. The second kappa shape index (κ2) is 10.7. The Labute approximate surface area is 152 Å². The monoisotopic (exact) mass is 374 g/mol. The van der Waals surface area contributed by atoms with Gasteiger partial charge in [-0.25, -0.2) is 0 Å². The van der Waals surface area contributed by atoms with E-state index >= 15 is 0 Å². The fourth-order valence-electron chi connectivity index (χ4n) is 2.15. The van der Waals surface area contributed by atoms with Crippen molar-refractivity contribution in [2.24, 2.45) is 0 Å². The maximum atomic E-state index is 11.8. The molecule has 9 heteroatoms. The maximum absolute atomic E-state index is 11.8. The minimum Gasteiger partial charge on any atom is -0.456 e. The quantitative estimate of drug-likeness (QED) is 0.457. The van der Waals surface area contributed by atoms with Crippen LogP contribution in [0.1, 0.15) is 53.4 Å². The summed E-state index contributed by atoms with van der Waals surface area (Å²) in [5, 5.41) is 0. The number of carbonyl (C=O) groups is 4. The van der Waals surface area contributed by atoms with E-state index in [4.69, 9.17) is 23.7 Å². The Morgan fingerprint density at radius 1 is 0.692 bits per heavy atom. The Morgan fingerprint density at radius 3 is 1.62 bits per heavy atom. The summed E-state index contributed by atoms with van der Waals surface area (Å²) in [5.74, 6) is -2.28. The Bertz CT molecular complexity index is 470.